The highest BCUT2D eigenvalue weighted by atomic mass is 19.1. The standard InChI is InChI=1S/C10H12F2N2O2/c1-10(2,13)5-6-7(11)3-4-8(9(6)12)14(15)16/h3-4H,5,13H2,1-2H3. The summed E-state index contributed by atoms with van der Waals surface area (Å²) in [6, 6.07) is 1.68. The first-order valence-electron chi connectivity index (χ1n) is 4.62. The van der Waals surface area contributed by atoms with Crippen LogP contribution in [0.15, 0.2) is 12.1 Å². The summed E-state index contributed by atoms with van der Waals surface area (Å²) in [5, 5.41) is 10.5. The predicted octanol–water partition coefficient (Wildman–Crippen LogP) is 2.15. The van der Waals surface area contributed by atoms with Crippen molar-refractivity contribution in [2.24, 2.45) is 5.73 Å². The van der Waals surface area contributed by atoms with Crippen LogP contribution in [0, 0.1) is 21.7 Å². The largest absolute Gasteiger partial charge is 0.325 e. The van der Waals surface area contributed by atoms with Gasteiger partial charge in [-0.15, -0.1) is 0 Å². The normalized spacial score (nSPS) is 11.6. The number of hydrogen-bond donors (Lipinski definition) is 1. The number of nitro benzene ring substituents is 1. The second-order valence-corrected chi connectivity index (χ2v) is 4.28. The summed E-state index contributed by atoms with van der Waals surface area (Å²) in [5.41, 5.74) is 3.71. The second kappa shape index (κ2) is 4.13. The Morgan fingerprint density at radius 3 is 2.44 bits per heavy atom. The van der Waals surface area contributed by atoms with Gasteiger partial charge >= 0.3 is 5.69 Å². The number of nitrogens with two attached hydrogens (primary N) is 1. The first-order valence-corrected chi connectivity index (χ1v) is 4.62. The molecule has 0 amide bonds. The van der Waals surface area contributed by atoms with E-state index in [0.29, 0.717) is 0 Å². The van der Waals surface area contributed by atoms with E-state index in [4.69, 9.17) is 5.73 Å². The van der Waals surface area contributed by atoms with Crippen molar-refractivity contribution in [1.82, 2.24) is 0 Å². The summed E-state index contributed by atoms with van der Waals surface area (Å²) in [6.07, 6.45) is -0.105. The van der Waals surface area contributed by atoms with Gasteiger partial charge in [0.25, 0.3) is 0 Å². The van der Waals surface area contributed by atoms with Gasteiger partial charge in [0.05, 0.1) is 4.92 Å². The van der Waals surface area contributed by atoms with Crippen LogP contribution in [0.5, 0.6) is 0 Å². The van der Waals surface area contributed by atoms with E-state index in [-0.39, 0.29) is 12.0 Å². The summed E-state index contributed by atoms with van der Waals surface area (Å²) in [7, 11) is 0. The van der Waals surface area contributed by atoms with Gasteiger partial charge in [-0.05, 0) is 26.3 Å². The fraction of sp³-hybridized carbons (Fsp3) is 0.400. The number of nitro groups is 1. The van der Waals surface area contributed by atoms with Gasteiger partial charge in [0.15, 0.2) is 0 Å². The molecule has 0 heterocycles. The zero-order chi connectivity index (χ0) is 12.5. The van der Waals surface area contributed by atoms with Gasteiger partial charge in [-0.1, -0.05) is 0 Å². The lowest BCUT2D eigenvalue weighted by Crippen LogP contribution is -2.35. The van der Waals surface area contributed by atoms with Crippen LogP contribution >= 0.6 is 0 Å². The summed E-state index contributed by atoms with van der Waals surface area (Å²) >= 11 is 0. The molecule has 0 radical (unpaired) electrons. The number of rotatable bonds is 3. The molecule has 0 fully saturated rings. The van der Waals surface area contributed by atoms with Crippen molar-refractivity contribution in [3.8, 4) is 0 Å². The molecule has 0 aromatic heterocycles. The van der Waals surface area contributed by atoms with Crippen molar-refractivity contribution < 1.29 is 13.7 Å². The molecule has 0 aliphatic heterocycles. The molecule has 0 atom stereocenters. The first-order chi connectivity index (χ1) is 7.22. The van der Waals surface area contributed by atoms with E-state index in [9.17, 15) is 18.9 Å². The maximum atomic E-state index is 13.6. The summed E-state index contributed by atoms with van der Waals surface area (Å²) in [6.45, 7) is 3.18. The van der Waals surface area contributed by atoms with Crippen molar-refractivity contribution in [1.29, 1.82) is 0 Å². The predicted molar refractivity (Wildman–Crippen MR) is 55.0 cm³/mol. The van der Waals surface area contributed by atoms with Crippen LogP contribution in [0.25, 0.3) is 0 Å². The molecule has 6 heteroatoms. The van der Waals surface area contributed by atoms with E-state index in [2.05, 4.69) is 0 Å². The van der Waals surface area contributed by atoms with Gasteiger partial charge in [-0.3, -0.25) is 10.1 Å². The second-order valence-electron chi connectivity index (χ2n) is 4.28. The average Bonchev–Trinajstić information content (AvgIpc) is 2.10. The third-order valence-corrected chi connectivity index (χ3v) is 1.99. The van der Waals surface area contributed by atoms with E-state index in [1.807, 2.05) is 0 Å². The van der Waals surface area contributed by atoms with Gasteiger partial charge in [-0.25, -0.2) is 4.39 Å². The Morgan fingerprint density at radius 1 is 1.44 bits per heavy atom. The van der Waals surface area contributed by atoms with Crippen LogP contribution < -0.4 is 5.73 Å². The first kappa shape index (κ1) is 12.5. The highest BCUT2D eigenvalue weighted by molar-refractivity contribution is 5.38. The molecule has 1 aromatic carbocycles. The fourth-order valence-electron chi connectivity index (χ4n) is 1.34. The zero-order valence-electron chi connectivity index (χ0n) is 8.96. The quantitative estimate of drug-likeness (QED) is 0.639. The highest BCUT2D eigenvalue weighted by Crippen LogP contribution is 2.25. The summed E-state index contributed by atoms with van der Waals surface area (Å²) in [4.78, 5) is 9.58. The SMILES string of the molecule is CC(C)(N)Cc1c(F)ccc([N+](=O)[O-])c1F. The molecule has 2 N–H and O–H groups in total. The molecule has 1 aromatic rings. The van der Waals surface area contributed by atoms with Crippen molar-refractivity contribution in [2.45, 2.75) is 25.8 Å². The minimum absolute atomic E-state index is 0.105. The molecular formula is C10H12F2N2O2. The zero-order valence-corrected chi connectivity index (χ0v) is 8.96. The molecule has 16 heavy (non-hydrogen) atoms. The Morgan fingerprint density at radius 2 is 2.00 bits per heavy atom. The maximum absolute atomic E-state index is 13.6. The van der Waals surface area contributed by atoms with Gasteiger partial charge in [0.2, 0.25) is 5.82 Å². The molecule has 0 bridgehead atoms. The Balaban J connectivity index is 3.27. The van der Waals surface area contributed by atoms with Gasteiger partial charge in [0.1, 0.15) is 5.82 Å². The van der Waals surface area contributed by atoms with Crippen molar-refractivity contribution in [3.05, 3.63) is 39.4 Å². The minimum atomic E-state index is -1.15. The molecule has 0 spiro atoms. The summed E-state index contributed by atoms with van der Waals surface area (Å²) in [5.74, 6) is -1.97. The molecule has 4 nitrogen and oxygen atoms in total. The lowest BCUT2D eigenvalue weighted by atomic mass is 9.95. The number of halogens is 2. The lowest BCUT2D eigenvalue weighted by Gasteiger charge is -2.18. The Labute approximate surface area is 91.2 Å². The highest BCUT2D eigenvalue weighted by Gasteiger charge is 2.24. The Kier molecular flexibility index (Phi) is 3.23. The monoisotopic (exact) mass is 230 g/mol. The van der Waals surface area contributed by atoms with Crippen LogP contribution in [0.3, 0.4) is 0 Å². The van der Waals surface area contributed by atoms with Crippen molar-refractivity contribution in [2.75, 3.05) is 0 Å². The van der Waals surface area contributed by atoms with Gasteiger partial charge in [-0.2, -0.15) is 4.39 Å². The van der Waals surface area contributed by atoms with Crippen molar-refractivity contribution >= 4 is 5.69 Å². The molecule has 0 saturated carbocycles. The smallest absolute Gasteiger partial charge is 0.305 e. The molecule has 0 unspecified atom stereocenters. The number of benzene rings is 1. The third kappa shape index (κ3) is 2.73. The molecule has 1 rings (SSSR count). The Hall–Kier alpha value is -1.56. The molecule has 0 aliphatic carbocycles. The average molecular weight is 230 g/mol. The van der Waals surface area contributed by atoms with E-state index < -0.39 is 27.8 Å². The lowest BCUT2D eigenvalue weighted by molar-refractivity contribution is -0.387. The molecule has 0 saturated heterocycles. The van der Waals surface area contributed by atoms with Crippen LogP contribution in [0.2, 0.25) is 0 Å². The number of nitrogens with zero attached hydrogens (tertiary/aromatic N) is 1. The molecule has 0 aliphatic rings. The van der Waals surface area contributed by atoms with Crippen LogP contribution in [-0.4, -0.2) is 10.5 Å². The third-order valence-electron chi connectivity index (χ3n) is 1.99. The van der Waals surface area contributed by atoms with E-state index >= 15 is 0 Å². The molecular weight excluding hydrogens is 218 g/mol. The van der Waals surface area contributed by atoms with Gasteiger partial charge < -0.3 is 5.73 Å². The Bertz CT molecular complexity index is 428. The molecule has 88 valence electrons. The van der Waals surface area contributed by atoms with E-state index in [1.54, 1.807) is 13.8 Å². The van der Waals surface area contributed by atoms with Crippen LogP contribution in [-0.2, 0) is 6.42 Å². The van der Waals surface area contributed by atoms with Crippen LogP contribution in [0.1, 0.15) is 19.4 Å². The summed E-state index contributed by atoms with van der Waals surface area (Å²) < 4.78 is 26.9. The maximum Gasteiger partial charge on any atom is 0.305 e. The van der Waals surface area contributed by atoms with Gasteiger partial charge in [0, 0.05) is 17.2 Å². The topological polar surface area (TPSA) is 69.2 Å². The minimum Gasteiger partial charge on any atom is -0.325 e. The fourth-order valence-corrected chi connectivity index (χ4v) is 1.34. The van der Waals surface area contributed by atoms with Crippen molar-refractivity contribution in [3.63, 3.8) is 0 Å². The van der Waals surface area contributed by atoms with E-state index in [0.717, 1.165) is 12.1 Å². The number of hydrogen-bond acceptors (Lipinski definition) is 3. The van der Waals surface area contributed by atoms with E-state index in [1.165, 1.54) is 0 Å². The van der Waals surface area contributed by atoms with Crippen LogP contribution in [0.4, 0.5) is 14.5 Å².